The predicted molar refractivity (Wildman–Crippen MR) is 79.5 cm³/mol. The van der Waals surface area contributed by atoms with Gasteiger partial charge in [-0.05, 0) is 56.2 Å². The zero-order valence-corrected chi connectivity index (χ0v) is 12.0. The van der Waals surface area contributed by atoms with Gasteiger partial charge in [-0.3, -0.25) is 4.79 Å². The maximum absolute atomic E-state index is 12.8. The van der Waals surface area contributed by atoms with Gasteiger partial charge in [-0.2, -0.15) is 0 Å². The van der Waals surface area contributed by atoms with E-state index in [-0.39, 0.29) is 5.92 Å². The Hall–Kier alpha value is -1.35. The number of nitrogens with one attached hydrogen (secondary N) is 1. The SMILES string of the molecule is CNC1CCN(C(=O)C2CC3CC3C2)c2ccccc21. The molecule has 1 N–H and O–H groups in total. The smallest absolute Gasteiger partial charge is 0.230 e. The van der Waals surface area contributed by atoms with Gasteiger partial charge in [0.25, 0.3) is 0 Å². The number of hydrogen-bond acceptors (Lipinski definition) is 2. The zero-order chi connectivity index (χ0) is 13.7. The van der Waals surface area contributed by atoms with E-state index in [0.29, 0.717) is 11.9 Å². The van der Waals surface area contributed by atoms with E-state index in [9.17, 15) is 4.79 Å². The van der Waals surface area contributed by atoms with Crippen molar-refractivity contribution in [2.24, 2.45) is 17.8 Å². The fraction of sp³-hybridized carbons (Fsp3) is 0.588. The highest BCUT2D eigenvalue weighted by Crippen LogP contribution is 2.55. The molecule has 20 heavy (non-hydrogen) atoms. The van der Waals surface area contributed by atoms with Crippen LogP contribution in [0.4, 0.5) is 5.69 Å². The summed E-state index contributed by atoms with van der Waals surface area (Å²) in [5.41, 5.74) is 2.40. The molecular formula is C17H22N2O. The Balaban J connectivity index is 1.60. The lowest BCUT2D eigenvalue weighted by atomic mass is 9.94. The van der Waals surface area contributed by atoms with Gasteiger partial charge in [-0.25, -0.2) is 0 Å². The first-order valence-corrected chi connectivity index (χ1v) is 7.85. The molecule has 0 spiro atoms. The van der Waals surface area contributed by atoms with Crippen LogP contribution in [-0.2, 0) is 4.79 Å². The molecule has 3 atom stereocenters. The number of para-hydroxylation sites is 1. The highest BCUT2D eigenvalue weighted by molar-refractivity contribution is 5.96. The van der Waals surface area contributed by atoms with Gasteiger partial charge in [0, 0.05) is 24.2 Å². The molecule has 0 aromatic heterocycles. The molecule has 4 rings (SSSR count). The molecule has 1 aliphatic heterocycles. The third-order valence-corrected chi connectivity index (χ3v) is 5.45. The molecule has 1 heterocycles. The lowest BCUT2D eigenvalue weighted by Gasteiger charge is -2.35. The Labute approximate surface area is 120 Å². The Kier molecular flexibility index (Phi) is 2.84. The van der Waals surface area contributed by atoms with Crippen LogP contribution in [0.2, 0.25) is 0 Å². The molecule has 0 saturated heterocycles. The topological polar surface area (TPSA) is 32.3 Å². The van der Waals surface area contributed by atoms with E-state index < -0.39 is 0 Å². The minimum atomic E-state index is 0.290. The van der Waals surface area contributed by atoms with E-state index in [1.165, 1.54) is 12.0 Å². The maximum Gasteiger partial charge on any atom is 0.230 e. The summed E-state index contributed by atoms with van der Waals surface area (Å²) in [7, 11) is 2.00. The van der Waals surface area contributed by atoms with E-state index in [1.807, 2.05) is 13.1 Å². The van der Waals surface area contributed by atoms with Crippen LogP contribution in [0.1, 0.15) is 37.3 Å². The van der Waals surface area contributed by atoms with Crippen LogP contribution in [0.15, 0.2) is 24.3 Å². The monoisotopic (exact) mass is 270 g/mol. The highest BCUT2D eigenvalue weighted by Gasteiger charge is 2.49. The Morgan fingerprint density at radius 3 is 2.70 bits per heavy atom. The lowest BCUT2D eigenvalue weighted by molar-refractivity contribution is -0.122. The van der Waals surface area contributed by atoms with E-state index >= 15 is 0 Å². The van der Waals surface area contributed by atoms with Crippen LogP contribution >= 0.6 is 0 Å². The first-order chi connectivity index (χ1) is 9.78. The summed E-state index contributed by atoms with van der Waals surface area (Å²) >= 11 is 0. The van der Waals surface area contributed by atoms with Crippen LogP contribution in [0.25, 0.3) is 0 Å². The highest BCUT2D eigenvalue weighted by atomic mass is 16.2. The van der Waals surface area contributed by atoms with Gasteiger partial charge in [0.1, 0.15) is 0 Å². The fourth-order valence-corrected chi connectivity index (χ4v) is 4.23. The second-order valence-electron chi connectivity index (χ2n) is 6.60. The lowest BCUT2D eigenvalue weighted by Crippen LogP contribution is -2.42. The number of amides is 1. The standard InChI is InChI=1S/C17H22N2O/c1-18-15-6-7-19(16-5-3-2-4-14(15)16)17(20)13-9-11-8-12(11)10-13/h2-5,11-13,15,18H,6-10H2,1H3. The number of carbonyl (C=O) groups is 1. The molecule has 1 aromatic rings. The second kappa shape index (κ2) is 4.59. The molecule has 3 heteroatoms. The van der Waals surface area contributed by atoms with Gasteiger partial charge < -0.3 is 10.2 Å². The number of fused-ring (bicyclic) bond motifs is 2. The number of hydrogen-bond donors (Lipinski definition) is 1. The molecule has 3 unspecified atom stereocenters. The number of nitrogens with zero attached hydrogens (tertiary/aromatic N) is 1. The molecule has 3 nitrogen and oxygen atoms in total. The molecule has 0 radical (unpaired) electrons. The fourth-order valence-electron chi connectivity index (χ4n) is 4.23. The maximum atomic E-state index is 12.8. The molecule has 2 aliphatic carbocycles. The van der Waals surface area contributed by atoms with Gasteiger partial charge in [-0.15, -0.1) is 0 Å². The summed E-state index contributed by atoms with van der Waals surface area (Å²) in [6.45, 7) is 0.854. The van der Waals surface area contributed by atoms with E-state index in [1.54, 1.807) is 0 Å². The Bertz CT molecular complexity index is 532. The largest absolute Gasteiger partial charge is 0.313 e. The number of carbonyl (C=O) groups excluding carboxylic acids is 1. The van der Waals surface area contributed by atoms with Gasteiger partial charge in [0.05, 0.1) is 0 Å². The average Bonchev–Trinajstić information content (AvgIpc) is 3.11. The number of benzene rings is 1. The summed E-state index contributed by atoms with van der Waals surface area (Å²) in [4.78, 5) is 14.9. The second-order valence-corrected chi connectivity index (χ2v) is 6.60. The van der Waals surface area contributed by atoms with Crippen molar-refractivity contribution in [3.05, 3.63) is 29.8 Å². The van der Waals surface area contributed by atoms with Crippen molar-refractivity contribution in [1.29, 1.82) is 0 Å². The van der Waals surface area contributed by atoms with Crippen LogP contribution in [-0.4, -0.2) is 19.5 Å². The first kappa shape index (κ1) is 12.4. The third-order valence-electron chi connectivity index (χ3n) is 5.45. The summed E-state index contributed by atoms with van der Waals surface area (Å²) < 4.78 is 0. The Morgan fingerprint density at radius 2 is 1.95 bits per heavy atom. The van der Waals surface area contributed by atoms with Gasteiger partial charge >= 0.3 is 0 Å². The van der Waals surface area contributed by atoms with Crippen molar-refractivity contribution in [3.8, 4) is 0 Å². The van der Waals surface area contributed by atoms with Crippen LogP contribution in [0.3, 0.4) is 0 Å². The molecule has 0 bridgehead atoms. The zero-order valence-electron chi connectivity index (χ0n) is 12.0. The van der Waals surface area contributed by atoms with Crippen molar-refractivity contribution >= 4 is 11.6 Å². The van der Waals surface area contributed by atoms with E-state index in [4.69, 9.17) is 0 Å². The summed E-state index contributed by atoms with van der Waals surface area (Å²) in [6, 6.07) is 8.76. The van der Waals surface area contributed by atoms with Crippen molar-refractivity contribution in [2.45, 2.75) is 31.7 Å². The molecule has 106 valence electrons. The minimum Gasteiger partial charge on any atom is -0.313 e. The van der Waals surface area contributed by atoms with Crippen LogP contribution in [0.5, 0.6) is 0 Å². The average molecular weight is 270 g/mol. The van der Waals surface area contributed by atoms with Gasteiger partial charge in [0.2, 0.25) is 5.91 Å². The first-order valence-electron chi connectivity index (χ1n) is 7.85. The van der Waals surface area contributed by atoms with Gasteiger partial charge in [-0.1, -0.05) is 18.2 Å². The van der Waals surface area contributed by atoms with Gasteiger partial charge in [0.15, 0.2) is 0 Å². The van der Waals surface area contributed by atoms with E-state index in [0.717, 1.165) is 43.3 Å². The quantitative estimate of drug-likeness (QED) is 0.896. The normalized spacial score (nSPS) is 34.5. The molecule has 1 aromatic carbocycles. The summed E-state index contributed by atoms with van der Waals surface area (Å²) in [5.74, 6) is 2.40. The van der Waals surface area contributed by atoms with Crippen molar-refractivity contribution in [2.75, 3.05) is 18.5 Å². The van der Waals surface area contributed by atoms with Crippen molar-refractivity contribution < 1.29 is 4.79 Å². The molecule has 3 aliphatic rings. The molecule has 1 amide bonds. The van der Waals surface area contributed by atoms with Crippen molar-refractivity contribution in [3.63, 3.8) is 0 Å². The van der Waals surface area contributed by atoms with Crippen LogP contribution in [0, 0.1) is 17.8 Å². The predicted octanol–water partition coefficient (Wildman–Crippen LogP) is 2.73. The summed E-state index contributed by atoms with van der Waals surface area (Å²) in [6.07, 6.45) is 4.66. The van der Waals surface area contributed by atoms with Crippen molar-refractivity contribution in [1.82, 2.24) is 5.32 Å². The Morgan fingerprint density at radius 1 is 1.20 bits per heavy atom. The third kappa shape index (κ3) is 1.87. The molecule has 2 saturated carbocycles. The molecule has 2 fully saturated rings. The number of rotatable bonds is 2. The minimum absolute atomic E-state index is 0.290. The number of anilines is 1. The molecular weight excluding hydrogens is 248 g/mol. The van der Waals surface area contributed by atoms with Crippen LogP contribution < -0.4 is 10.2 Å². The summed E-state index contributed by atoms with van der Waals surface area (Å²) in [5, 5.41) is 3.37. The van der Waals surface area contributed by atoms with E-state index in [2.05, 4.69) is 28.4 Å².